The molecule has 0 atom stereocenters. The zero-order valence-corrected chi connectivity index (χ0v) is 17.0. The molecule has 2 fully saturated rings. The van der Waals surface area contributed by atoms with Gasteiger partial charge in [-0.1, -0.05) is 19.1 Å². The average molecular weight is 418 g/mol. The smallest absolute Gasteiger partial charge is 0.325 e. The van der Waals surface area contributed by atoms with Gasteiger partial charge >= 0.3 is 6.03 Å². The van der Waals surface area contributed by atoms with Gasteiger partial charge in [0.1, 0.15) is 17.9 Å². The lowest BCUT2D eigenvalue weighted by atomic mass is 9.77. The summed E-state index contributed by atoms with van der Waals surface area (Å²) >= 11 is 0. The molecule has 1 aliphatic carbocycles. The number of carbonyl (C=O) groups excluding carboxylic acids is 4. The fraction of sp³-hybridized carbons (Fsp3) is 0.524. The fourth-order valence-electron chi connectivity index (χ4n) is 3.87. The number of hydrogen-bond acceptors (Lipinski definition) is 4. The number of nitrogens with one attached hydrogen (secondary N) is 3. The van der Waals surface area contributed by atoms with Crippen LogP contribution in [0.4, 0.5) is 9.18 Å². The topological polar surface area (TPSA) is 108 Å². The Morgan fingerprint density at radius 2 is 1.70 bits per heavy atom. The quantitative estimate of drug-likeness (QED) is 0.455. The van der Waals surface area contributed by atoms with E-state index in [4.69, 9.17) is 0 Å². The molecule has 0 bridgehead atoms. The molecule has 3 rings (SSSR count). The Labute approximate surface area is 174 Å². The third kappa shape index (κ3) is 5.14. The van der Waals surface area contributed by atoms with Gasteiger partial charge in [-0.25, -0.2) is 9.18 Å². The predicted octanol–water partition coefficient (Wildman–Crippen LogP) is 1.10. The summed E-state index contributed by atoms with van der Waals surface area (Å²) in [6.45, 7) is 2.15. The molecule has 1 saturated heterocycles. The molecular weight excluding hydrogens is 391 g/mol. The normalized spacial score (nSPS) is 23.4. The number of amides is 5. The van der Waals surface area contributed by atoms with Gasteiger partial charge in [-0.05, 0) is 49.3 Å². The maximum Gasteiger partial charge on any atom is 0.325 e. The predicted molar refractivity (Wildman–Crippen MR) is 107 cm³/mol. The molecule has 1 aromatic rings. The van der Waals surface area contributed by atoms with Crippen molar-refractivity contribution < 1.29 is 23.6 Å². The van der Waals surface area contributed by atoms with Crippen molar-refractivity contribution in [3.05, 3.63) is 35.6 Å². The molecule has 30 heavy (non-hydrogen) atoms. The second-order valence-electron chi connectivity index (χ2n) is 8.09. The van der Waals surface area contributed by atoms with Crippen LogP contribution in [0.15, 0.2) is 24.3 Å². The zero-order valence-electron chi connectivity index (χ0n) is 17.0. The molecular formula is C21H27FN4O4. The van der Waals surface area contributed by atoms with Gasteiger partial charge in [0.15, 0.2) is 0 Å². The molecule has 1 aromatic carbocycles. The van der Waals surface area contributed by atoms with Gasteiger partial charge in [0.05, 0.1) is 6.42 Å². The highest BCUT2D eigenvalue weighted by Gasteiger charge is 2.52. The fourth-order valence-corrected chi connectivity index (χ4v) is 3.87. The highest BCUT2D eigenvalue weighted by atomic mass is 19.1. The number of imide groups is 1. The molecule has 1 spiro atoms. The van der Waals surface area contributed by atoms with E-state index in [0.717, 1.165) is 17.7 Å². The summed E-state index contributed by atoms with van der Waals surface area (Å²) in [6, 6.07) is 5.12. The van der Waals surface area contributed by atoms with Crippen molar-refractivity contribution in [2.45, 2.75) is 44.6 Å². The van der Waals surface area contributed by atoms with Crippen LogP contribution < -0.4 is 16.0 Å². The van der Waals surface area contributed by atoms with E-state index in [1.165, 1.54) is 24.3 Å². The van der Waals surface area contributed by atoms with Crippen molar-refractivity contribution in [2.24, 2.45) is 5.92 Å². The van der Waals surface area contributed by atoms with Crippen molar-refractivity contribution in [3.63, 3.8) is 0 Å². The van der Waals surface area contributed by atoms with Gasteiger partial charge in [-0.2, -0.15) is 0 Å². The minimum absolute atomic E-state index is 0.109. The van der Waals surface area contributed by atoms with E-state index in [-0.39, 0.29) is 43.7 Å². The zero-order chi connectivity index (χ0) is 21.7. The molecule has 162 valence electrons. The lowest BCUT2D eigenvalue weighted by Gasteiger charge is -2.33. The monoisotopic (exact) mass is 418 g/mol. The Hall–Kier alpha value is -2.97. The highest BCUT2D eigenvalue weighted by molar-refractivity contribution is 6.09. The number of urea groups is 1. The molecule has 9 heteroatoms. The molecule has 1 aliphatic heterocycles. The summed E-state index contributed by atoms with van der Waals surface area (Å²) in [5, 5.41) is 8.04. The van der Waals surface area contributed by atoms with Crippen molar-refractivity contribution in [2.75, 3.05) is 19.6 Å². The van der Waals surface area contributed by atoms with Crippen LogP contribution in [-0.4, -0.2) is 53.8 Å². The first kappa shape index (κ1) is 21.7. The van der Waals surface area contributed by atoms with Gasteiger partial charge in [0.25, 0.3) is 5.91 Å². The van der Waals surface area contributed by atoms with E-state index in [1.807, 2.05) is 0 Å². The summed E-state index contributed by atoms with van der Waals surface area (Å²) < 4.78 is 12.9. The van der Waals surface area contributed by atoms with E-state index in [9.17, 15) is 23.6 Å². The lowest BCUT2D eigenvalue weighted by Crippen LogP contribution is -2.50. The van der Waals surface area contributed by atoms with Gasteiger partial charge < -0.3 is 16.0 Å². The van der Waals surface area contributed by atoms with Crippen LogP contribution in [0.25, 0.3) is 0 Å². The minimum atomic E-state index is -0.863. The molecule has 0 unspecified atom stereocenters. The van der Waals surface area contributed by atoms with Crippen LogP contribution in [0.5, 0.6) is 0 Å². The third-order valence-electron chi connectivity index (χ3n) is 5.72. The van der Waals surface area contributed by atoms with E-state index >= 15 is 0 Å². The largest absolute Gasteiger partial charge is 0.354 e. The van der Waals surface area contributed by atoms with E-state index in [1.54, 1.807) is 0 Å². The van der Waals surface area contributed by atoms with Crippen molar-refractivity contribution in [1.82, 2.24) is 20.9 Å². The molecule has 8 nitrogen and oxygen atoms in total. The number of nitrogens with zero attached hydrogens (tertiary/aromatic N) is 1. The number of halogens is 1. The first-order valence-electron chi connectivity index (χ1n) is 10.2. The minimum Gasteiger partial charge on any atom is -0.354 e. The van der Waals surface area contributed by atoms with E-state index < -0.39 is 17.5 Å². The maximum absolute atomic E-state index is 12.9. The average Bonchev–Trinajstić information content (AvgIpc) is 2.94. The van der Waals surface area contributed by atoms with Crippen LogP contribution in [0, 0.1) is 11.7 Å². The summed E-state index contributed by atoms with van der Waals surface area (Å²) in [4.78, 5) is 49.9. The van der Waals surface area contributed by atoms with Crippen LogP contribution in [-0.2, 0) is 20.8 Å². The summed E-state index contributed by atoms with van der Waals surface area (Å²) in [6.07, 6.45) is 3.03. The summed E-state index contributed by atoms with van der Waals surface area (Å²) in [5.74, 6) is -0.889. The molecule has 0 radical (unpaired) electrons. The van der Waals surface area contributed by atoms with Gasteiger partial charge in [-0.15, -0.1) is 0 Å². The van der Waals surface area contributed by atoms with E-state index in [2.05, 4.69) is 22.9 Å². The molecule has 0 aromatic heterocycles. The number of rotatable bonds is 7. The Balaban J connectivity index is 1.38. The molecule has 1 heterocycles. The molecule has 2 aliphatic rings. The van der Waals surface area contributed by atoms with Crippen molar-refractivity contribution in [3.8, 4) is 0 Å². The Bertz CT molecular complexity index is 819. The number of carbonyl (C=O) groups is 4. The molecule has 3 N–H and O–H groups in total. The first-order chi connectivity index (χ1) is 14.3. The first-order valence-corrected chi connectivity index (χ1v) is 10.2. The Morgan fingerprint density at radius 1 is 1.10 bits per heavy atom. The van der Waals surface area contributed by atoms with Crippen LogP contribution >= 0.6 is 0 Å². The van der Waals surface area contributed by atoms with Gasteiger partial charge in [0.2, 0.25) is 11.8 Å². The van der Waals surface area contributed by atoms with Crippen molar-refractivity contribution >= 4 is 23.8 Å². The van der Waals surface area contributed by atoms with Crippen molar-refractivity contribution in [1.29, 1.82) is 0 Å². The molecule has 1 saturated carbocycles. The standard InChI is InChI=1S/C21H27FN4O4/c1-14-6-8-21(9-7-14)19(29)26(20(30)25-21)13-18(28)24-11-10-23-17(27)12-15-2-4-16(22)5-3-15/h2-5,14H,6-13H2,1H3,(H,23,27)(H,24,28)(H,25,30). The van der Waals surface area contributed by atoms with Gasteiger partial charge in [0, 0.05) is 13.1 Å². The summed E-state index contributed by atoms with van der Waals surface area (Å²) in [7, 11) is 0. The second kappa shape index (κ2) is 9.23. The number of benzene rings is 1. The van der Waals surface area contributed by atoms with Crippen LogP contribution in [0.2, 0.25) is 0 Å². The third-order valence-corrected chi connectivity index (χ3v) is 5.72. The maximum atomic E-state index is 12.9. The lowest BCUT2D eigenvalue weighted by molar-refractivity contribution is -0.136. The number of hydrogen-bond donors (Lipinski definition) is 3. The van der Waals surface area contributed by atoms with Crippen LogP contribution in [0.1, 0.15) is 38.2 Å². The van der Waals surface area contributed by atoms with Crippen LogP contribution in [0.3, 0.4) is 0 Å². The Morgan fingerprint density at radius 3 is 2.33 bits per heavy atom. The molecule has 5 amide bonds. The Kier molecular flexibility index (Phi) is 6.69. The van der Waals surface area contributed by atoms with Gasteiger partial charge in [-0.3, -0.25) is 19.3 Å². The summed E-state index contributed by atoms with van der Waals surface area (Å²) in [5.41, 5.74) is -0.180. The highest BCUT2D eigenvalue weighted by Crippen LogP contribution is 2.36. The van der Waals surface area contributed by atoms with E-state index in [0.29, 0.717) is 24.3 Å². The second-order valence-corrected chi connectivity index (χ2v) is 8.09. The SMILES string of the molecule is CC1CCC2(CC1)NC(=O)N(CC(=O)NCCNC(=O)Cc1ccc(F)cc1)C2=O.